The second-order valence-electron chi connectivity index (χ2n) is 11.5. The number of carbonyl (C=O) groups is 2. The van der Waals surface area contributed by atoms with Gasteiger partial charge in [0, 0.05) is 23.7 Å². The lowest BCUT2D eigenvalue weighted by Gasteiger charge is -2.62. The third kappa shape index (κ3) is 3.39. The van der Waals surface area contributed by atoms with Gasteiger partial charge in [-0.1, -0.05) is 20.8 Å². The number of ketones is 1. The first kappa shape index (κ1) is 23.2. The Labute approximate surface area is 185 Å². The number of aliphatic hydroxyl groups is 3. The highest BCUT2D eigenvalue weighted by atomic mass is 16.5. The van der Waals surface area contributed by atoms with Gasteiger partial charge in [-0.05, 0) is 74.0 Å². The zero-order valence-corrected chi connectivity index (χ0v) is 19.4. The maximum Gasteiger partial charge on any atom is 0.305 e. The molecular weight excluding hydrogens is 396 g/mol. The average molecular weight is 437 g/mol. The van der Waals surface area contributed by atoms with E-state index in [1.54, 1.807) is 0 Å². The Morgan fingerprint density at radius 2 is 1.81 bits per heavy atom. The Bertz CT molecular complexity index is 723. The Balaban J connectivity index is 1.62. The summed E-state index contributed by atoms with van der Waals surface area (Å²) in [5.74, 6) is -0.127. The molecule has 4 fully saturated rings. The molecule has 176 valence electrons. The molecule has 4 aliphatic rings. The number of hydrogen-bond donors (Lipinski definition) is 3. The minimum Gasteiger partial charge on any atom is -0.469 e. The zero-order chi connectivity index (χ0) is 22.7. The third-order valence-electron chi connectivity index (χ3n) is 10.4. The molecule has 3 N–H and O–H groups in total. The molecule has 4 saturated carbocycles. The topological polar surface area (TPSA) is 104 Å². The van der Waals surface area contributed by atoms with Crippen molar-refractivity contribution in [3.05, 3.63) is 0 Å². The summed E-state index contributed by atoms with van der Waals surface area (Å²) < 4.78 is 4.80. The van der Waals surface area contributed by atoms with Crippen LogP contribution in [0, 0.1) is 46.3 Å². The van der Waals surface area contributed by atoms with E-state index in [0.717, 1.165) is 19.3 Å². The second kappa shape index (κ2) is 8.11. The van der Waals surface area contributed by atoms with Gasteiger partial charge in [-0.15, -0.1) is 0 Å². The van der Waals surface area contributed by atoms with Crippen LogP contribution in [0.5, 0.6) is 0 Å². The maximum atomic E-state index is 13.5. The zero-order valence-electron chi connectivity index (χ0n) is 19.4. The van der Waals surface area contributed by atoms with Crippen LogP contribution in [-0.4, -0.2) is 52.5 Å². The summed E-state index contributed by atoms with van der Waals surface area (Å²) in [6, 6.07) is 0. The van der Waals surface area contributed by atoms with Crippen molar-refractivity contribution < 1.29 is 29.6 Å². The molecule has 4 aliphatic carbocycles. The molecule has 11 atom stereocenters. The SMILES string of the molecule is COC(=O)CC[C@@H](C)[C@H]1CC[C@H]2[C@@H]3C(=O)[C@H](O)[C@@H]4C[C@H](O)CC[C@]4(C)[C@H]3C[C@H](O)[C@]12C. The quantitative estimate of drug-likeness (QED) is 0.586. The van der Waals surface area contributed by atoms with Crippen molar-refractivity contribution in [1.82, 2.24) is 0 Å². The lowest BCUT2D eigenvalue weighted by Crippen LogP contribution is -2.65. The van der Waals surface area contributed by atoms with Crippen LogP contribution in [-0.2, 0) is 14.3 Å². The van der Waals surface area contributed by atoms with Crippen LogP contribution in [0.4, 0.5) is 0 Å². The average Bonchev–Trinajstić information content (AvgIpc) is 3.10. The standard InChI is InChI=1S/C25H40O6/c1-13(5-8-20(28)31-4)15-6-7-16-21-17(12-19(27)25(15,16)3)24(2)10-9-14(26)11-18(24)22(29)23(21)30/h13-19,21-22,26-27,29H,5-12H2,1-4H3/t13-,14-,15-,16+,17+,18+,19+,21+,22-,24-,25-/m1/s1. The number of aliphatic hydroxyl groups excluding tert-OH is 3. The molecule has 31 heavy (non-hydrogen) atoms. The summed E-state index contributed by atoms with van der Waals surface area (Å²) in [5.41, 5.74) is -0.614. The maximum absolute atomic E-state index is 13.5. The molecular formula is C25H40O6. The van der Waals surface area contributed by atoms with Gasteiger partial charge >= 0.3 is 5.97 Å². The molecule has 0 saturated heterocycles. The van der Waals surface area contributed by atoms with E-state index >= 15 is 0 Å². The van der Waals surface area contributed by atoms with E-state index in [1.807, 2.05) is 0 Å². The van der Waals surface area contributed by atoms with Crippen LogP contribution in [0.1, 0.15) is 72.1 Å². The highest BCUT2D eigenvalue weighted by molar-refractivity contribution is 5.87. The number of rotatable bonds is 4. The summed E-state index contributed by atoms with van der Waals surface area (Å²) in [4.78, 5) is 25.2. The van der Waals surface area contributed by atoms with Gasteiger partial charge in [0.05, 0.1) is 19.3 Å². The van der Waals surface area contributed by atoms with Crippen molar-refractivity contribution in [3.63, 3.8) is 0 Å². The molecule has 0 aliphatic heterocycles. The Kier molecular flexibility index (Phi) is 6.06. The molecule has 0 spiro atoms. The summed E-state index contributed by atoms with van der Waals surface area (Å²) in [6.45, 7) is 6.47. The van der Waals surface area contributed by atoms with Gasteiger partial charge in [-0.25, -0.2) is 0 Å². The highest BCUT2D eigenvalue weighted by Gasteiger charge is 2.67. The first-order chi connectivity index (χ1) is 14.6. The fraction of sp³-hybridized carbons (Fsp3) is 0.920. The highest BCUT2D eigenvalue weighted by Crippen LogP contribution is 2.67. The fourth-order valence-corrected chi connectivity index (χ4v) is 8.55. The third-order valence-corrected chi connectivity index (χ3v) is 10.4. The van der Waals surface area contributed by atoms with Gasteiger partial charge in [0.1, 0.15) is 6.10 Å². The summed E-state index contributed by atoms with van der Waals surface area (Å²) >= 11 is 0. The van der Waals surface area contributed by atoms with E-state index in [0.29, 0.717) is 32.1 Å². The van der Waals surface area contributed by atoms with E-state index in [2.05, 4.69) is 20.8 Å². The lowest BCUT2D eigenvalue weighted by molar-refractivity contribution is -0.201. The van der Waals surface area contributed by atoms with E-state index < -0.39 is 18.3 Å². The molecule has 0 amide bonds. The number of ether oxygens (including phenoxy) is 1. The minimum atomic E-state index is -1.02. The molecule has 0 radical (unpaired) electrons. The second-order valence-corrected chi connectivity index (χ2v) is 11.5. The number of esters is 1. The Morgan fingerprint density at radius 3 is 2.48 bits per heavy atom. The van der Waals surface area contributed by atoms with Crippen LogP contribution in [0.25, 0.3) is 0 Å². The monoisotopic (exact) mass is 436 g/mol. The normalized spacial score (nSPS) is 50.2. The van der Waals surface area contributed by atoms with Gasteiger partial charge < -0.3 is 20.1 Å². The Morgan fingerprint density at radius 1 is 1.10 bits per heavy atom. The van der Waals surface area contributed by atoms with Gasteiger partial charge in [0.15, 0.2) is 5.78 Å². The molecule has 4 rings (SSSR count). The van der Waals surface area contributed by atoms with Gasteiger partial charge in [-0.3, -0.25) is 9.59 Å². The molecule has 0 bridgehead atoms. The molecule has 0 aromatic rings. The minimum absolute atomic E-state index is 0.0538. The number of fused-ring (bicyclic) bond motifs is 5. The van der Waals surface area contributed by atoms with Crippen molar-refractivity contribution >= 4 is 11.8 Å². The van der Waals surface area contributed by atoms with Crippen LogP contribution < -0.4 is 0 Å². The molecule has 6 heteroatoms. The summed E-state index contributed by atoms with van der Waals surface area (Å²) in [5, 5.41) is 32.8. The van der Waals surface area contributed by atoms with Crippen LogP contribution in [0.15, 0.2) is 0 Å². The first-order valence-corrected chi connectivity index (χ1v) is 12.2. The molecule has 6 nitrogen and oxygen atoms in total. The van der Waals surface area contributed by atoms with Crippen molar-refractivity contribution in [2.45, 2.75) is 90.4 Å². The van der Waals surface area contributed by atoms with Crippen molar-refractivity contribution in [2.24, 2.45) is 46.3 Å². The molecule has 0 unspecified atom stereocenters. The summed E-state index contributed by atoms with van der Waals surface area (Å²) in [7, 11) is 1.41. The first-order valence-electron chi connectivity index (χ1n) is 12.2. The van der Waals surface area contributed by atoms with Gasteiger partial charge in [0.25, 0.3) is 0 Å². The summed E-state index contributed by atoms with van der Waals surface area (Å²) in [6.07, 6.45) is 3.47. The Hall–Kier alpha value is -0.980. The number of methoxy groups -OCH3 is 1. The van der Waals surface area contributed by atoms with E-state index in [9.17, 15) is 24.9 Å². The lowest BCUT2D eigenvalue weighted by atomic mass is 9.43. The van der Waals surface area contributed by atoms with Crippen molar-refractivity contribution in [1.29, 1.82) is 0 Å². The predicted molar refractivity (Wildman–Crippen MR) is 115 cm³/mol. The van der Waals surface area contributed by atoms with E-state index in [4.69, 9.17) is 4.74 Å². The fourth-order valence-electron chi connectivity index (χ4n) is 8.55. The van der Waals surface area contributed by atoms with Crippen molar-refractivity contribution in [2.75, 3.05) is 7.11 Å². The predicted octanol–water partition coefficient (Wildman–Crippen LogP) is 2.72. The van der Waals surface area contributed by atoms with Crippen LogP contribution >= 0.6 is 0 Å². The smallest absolute Gasteiger partial charge is 0.305 e. The van der Waals surface area contributed by atoms with Gasteiger partial charge in [-0.2, -0.15) is 0 Å². The number of carbonyl (C=O) groups excluding carboxylic acids is 2. The van der Waals surface area contributed by atoms with Gasteiger partial charge in [0.2, 0.25) is 0 Å². The van der Waals surface area contributed by atoms with Crippen LogP contribution in [0.3, 0.4) is 0 Å². The van der Waals surface area contributed by atoms with E-state index in [-0.39, 0.29) is 58.1 Å². The molecule has 0 aromatic carbocycles. The number of hydrogen-bond acceptors (Lipinski definition) is 6. The van der Waals surface area contributed by atoms with Crippen molar-refractivity contribution in [3.8, 4) is 0 Å². The van der Waals surface area contributed by atoms with E-state index in [1.165, 1.54) is 7.11 Å². The van der Waals surface area contributed by atoms with Crippen LogP contribution in [0.2, 0.25) is 0 Å². The molecule has 0 heterocycles. The molecule has 0 aromatic heterocycles. The number of Topliss-reactive ketones (excluding diaryl/α,β-unsaturated/α-hetero) is 1. The largest absolute Gasteiger partial charge is 0.469 e.